The normalized spacial score (nSPS) is 21.2. The van der Waals surface area contributed by atoms with Gasteiger partial charge in [-0.1, -0.05) is 6.42 Å². The van der Waals surface area contributed by atoms with Crippen LogP contribution in [0.5, 0.6) is 0 Å². The minimum absolute atomic E-state index is 0.0842. The number of hydrogen-bond acceptors (Lipinski definition) is 4. The van der Waals surface area contributed by atoms with Crippen molar-refractivity contribution in [1.29, 1.82) is 0 Å². The Hall–Kier alpha value is -0.610. The third-order valence-electron chi connectivity index (χ3n) is 2.91. The van der Waals surface area contributed by atoms with Gasteiger partial charge in [-0.05, 0) is 32.7 Å². The molecular weight excluding hydrogens is 206 g/mol. The van der Waals surface area contributed by atoms with Crippen molar-refractivity contribution in [2.45, 2.75) is 45.1 Å². The van der Waals surface area contributed by atoms with Crippen molar-refractivity contribution in [2.75, 3.05) is 26.2 Å². The Morgan fingerprint density at radius 3 is 2.88 bits per heavy atom. The van der Waals surface area contributed by atoms with Crippen LogP contribution in [0.4, 0.5) is 0 Å². The maximum atomic E-state index is 11.0. The maximum Gasteiger partial charge on any atom is 0.305 e. The smallest absolute Gasteiger partial charge is 0.305 e. The molecule has 0 aromatic heterocycles. The molecule has 0 amide bonds. The van der Waals surface area contributed by atoms with Gasteiger partial charge in [-0.15, -0.1) is 0 Å². The lowest BCUT2D eigenvalue weighted by Gasteiger charge is -2.14. The van der Waals surface area contributed by atoms with Crippen LogP contribution in [0, 0.1) is 0 Å². The molecule has 0 aliphatic carbocycles. The summed E-state index contributed by atoms with van der Waals surface area (Å²) in [6.07, 6.45) is 4.39. The number of aliphatic hydroxyl groups is 1. The van der Waals surface area contributed by atoms with Gasteiger partial charge in [-0.3, -0.25) is 4.79 Å². The fourth-order valence-electron chi connectivity index (χ4n) is 2.03. The highest BCUT2D eigenvalue weighted by Crippen LogP contribution is 2.10. The first-order chi connectivity index (χ1) is 7.72. The molecule has 1 atom stereocenters. The predicted molar refractivity (Wildman–Crippen MR) is 62.2 cm³/mol. The van der Waals surface area contributed by atoms with Gasteiger partial charge in [-0.2, -0.15) is 0 Å². The summed E-state index contributed by atoms with van der Waals surface area (Å²) in [5, 5.41) is 9.33. The molecule has 1 fully saturated rings. The molecule has 1 rings (SSSR count). The molecule has 0 aromatic carbocycles. The molecule has 0 bridgehead atoms. The zero-order chi connectivity index (χ0) is 11.8. The summed E-state index contributed by atoms with van der Waals surface area (Å²) in [4.78, 5) is 13.3. The number of unbranched alkanes of at least 4 members (excludes halogenated alkanes) is 2. The van der Waals surface area contributed by atoms with E-state index in [4.69, 9.17) is 4.74 Å². The van der Waals surface area contributed by atoms with E-state index in [2.05, 4.69) is 4.90 Å². The number of hydrogen-bond donors (Lipinski definition) is 1. The Kier molecular flexibility index (Phi) is 6.42. The van der Waals surface area contributed by atoms with Gasteiger partial charge in [0.2, 0.25) is 0 Å². The van der Waals surface area contributed by atoms with E-state index in [1.54, 1.807) is 0 Å². The fraction of sp³-hybridized carbons (Fsp3) is 0.917. The Morgan fingerprint density at radius 1 is 1.44 bits per heavy atom. The topological polar surface area (TPSA) is 49.8 Å². The fourth-order valence-corrected chi connectivity index (χ4v) is 2.03. The van der Waals surface area contributed by atoms with E-state index >= 15 is 0 Å². The van der Waals surface area contributed by atoms with E-state index in [-0.39, 0.29) is 12.1 Å². The summed E-state index contributed by atoms with van der Waals surface area (Å²) >= 11 is 0. The van der Waals surface area contributed by atoms with Gasteiger partial charge in [0.15, 0.2) is 0 Å². The quantitative estimate of drug-likeness (QED) is 0.526. The van der Waals surface area contributed by atoms with E-state index in [0.717, 1.165) is 45.3 Å². The Labute approximate surface area is 97.6 Å². The summed E-state index contributed by atoms with van der Waals surface area (Å²) in [6.45, 7) is 5.18. The number of carbonyl (C=O) groups is 1. The third-order valence-corrected chi connectivity index (χ3v) is 2.91. The van der Waals surface area contributed by atoms with E-state index in [9.17, 15) is 9.90 Å². The first-order valence-electron chi connectivity index (χ1n) is 6.28. The van der Waals surface area contributed by atoms with Crippen LogP contribution in [0.3, 0.4) is 0 Å². The summed E-state index contributed by atoms with van der Waals surface area (Å²) < 4.78 is 4.85. The van der Waals surface area contributed by atoms with Gasteiger partial charge in [0, 0.05) is 19.5 Å². The number of β-amino-alcohol motifs (C(OH)–C–C–N with tert-alkyl or cyclic N) is 1. The molecule has 16 heavy (non-hydrogen) atoms. The van der Waals surface area contributed by atoms with Gasteiger partial charge in [0.05, 0.1) is 12.7 Å². The van der Waals surface area contributed by atoms with E-state index in [1.165, 1.54) is 0 Å². The van der Waals surface area contributed by atoms with Crippen LogP contribution in [0.15, 0.2) is 0 Å². The second kappa shape index (κ2) is 7.63. The Balaban J connectivity index is 1.90. The zero-order valence-electron chi connectivity index (χ0n) is 10.2. The molecule has 0 saturated carbocycles. The van der Waals surface area contributed by atoms with Gasteiger partial charge >= 0.3 is 5.97 Å². The molecule has 1 aliphatic rings. The molecule has 94 valence electrons. The molecule has 1 saturated heterocycles. The monoisotopic (exact) mass is 229 g/mol. The molecule has 4 nitrogen and oxygen atoms in total. The van der Waals surface area contributed by atoms with Crippen molar-refractivity contribution >= 4 is 5.97 Å². The molecule has 1 aliphatic heterocycles. The lowest BCUT2D eigenvalue weighted by molar-refractivity contribution is -0.143. The summed E-state index contributed by atoms with van der Waals surface area (Å²) in [5.41, 5.74) is 0. The summed E-state index contributed by atoms with van der Waals surface area (Å²) in [6, 6.07) is 0. The predicted octanol–water partition coefficient (Wildman–Crippen LogP) is 1.18. The molecule has 0 spiro atoms. The van der Waals surface area contributed by atoms with Crippen molar-refractivity contribution in [1.82, 2.24) is 4.90 Å². The average Bonchev–Trinajstić information content (AvgIpc) is 2.64. The molecule has 1 N–H and O–H groups in total. The number of esters is 1. The van der Waals surface area contributed by atoms with Gasteiger partial charge < -0.3 is 14.7 Å². The molecular formula is C12H23NO3. The minimum atomic E-state index is -0.125. The first-order valence-corrected chi connectivity index (χ1v) is 6.28. The van der Waals surface area contributed by atoms with Crippen LogP contribution in [0.25, 0.3) is 0 Å². The van der Waals surface area contributed by atoms with Crippen LogP contribution in [0.1, 0.15) is 39.0 Å². The molecule has 0 radical (unpaired) electrons. The van der Waals surface area contributed by atoms with E-state index in [0.29, 0.717) is 13.0 Å². The highest BCUT2D eigenvalue weighted by Gasteiger charge is 2.18. The standard InChI is InChI=1S/C12H23NO3/c1-2-16-12(15)6-4-3-5-8-13-9-7-11(14)10-13/h11,14H,2-10H2,1H3/t11-/m0/s1. The number of rotatable bonds is 7. The first kappa shape index (κ1) is 13.5. The Bertz CT molecular complexity index is 208. The van der Waals surface area contributed by atoms with Gasteiger partial charge in [0.25, 0.3) is 0 Å². The summed E-state index contributed by atoms with van der Waals surface area (Å²) in [5.74, 6) is -0.0842. The number of carbonyl (C=O) groups excluding carboxylic acids is 1. The Morgan fingerprint density at radius 2 is 2.25 bits per heavy atom. The van der Waals surface area contributed by atoms with Crippen molar-refractivity contribution in [3.63, 3.8) is 0 Å². The van der Waals surface area contributed by atoms with Crippen LogP contribution >= 0.6 is 0 Å². The molecule has 0 unspecified atom stereocenters. The average molecular weight is 229 g/mol. The van der Waals surface area contributed by atoms with Crippen molar-refractivity contribution in [2.24, 2.45) is 0 Å². The van der Waals surface area contributed by atoms with Crippen molar-refractivity contribution < 1.29 is 14.6 Å². The minimum Gasteiger partial charge on any atom is -0.466 e. The lowest BCUT2D eigenvalue weighted by Crippen LogP contribution is -2.23. The second-order valence-electron chi connectivity index (χ2n) is 4.36. The second-order valence-corrected chi connectivity index (χ2v) is 4.36. The van der Waals surface area contributed by atoms with Crippen LogP contribution < -0.4 is 0 Å². The zero-order valence-corrected chi connectivity index (χ0v) is 10.2. The van der Waals surface area contributed by atoms with E-state index in [1.807, 2.05) is 6.92 Å². The molecule has 4 heteroatoms. The van der Waals surface area contributed by atoms with Crippen molar-refractivity contribution in [3.8, 4) is 0 Å². The number of ether oxygens (including phenoxy) is 1. The SMILES string of the molecule is CCOC(=O)CCCCCN1CC[C@H](O)C1. The largest absolute Gasteiger partial charge is 0.466 e. The van der Waals surface area contributed by atoms with Crippen LogP contribution in [0.2, 0.25) is 0 Å². The third kappa shape index (κ3) is 5.47. The van der Waals surface area contributed by atoms with Crippen molar-refractivity contribution in [3.05, 3.63) is 0 Å². The molecule has 1 heterocycles. The van der Waals surface area contributed by atoms with Gasteiger partial charge in [-0.25, -0.2) is 0 Å². The highest BCUT2D eigenvalue weighted by atomic mass is 16.5. The summed E-state index contributed by atoms with van der Waals surface area (Å²) in [7, 11) is 0. The maximum absolute atomic E-state index is 11.0. The molecule has 0 aromatic rings. The number of nitrogens with zero attached hydrogens (tertiary/aromatic N) is 1. The lowest BCUT2D eigenvalue weighted by atomic mass is 10.2. The van der Waals surface area contributed by atoms with E-state index < -0.39 is 0 Å². The van der Waals surface area contributed by atoms with Crippen LogP contribution in [-0.4, -0.2) is 48.3 Å². The van der Waals surface area contributed by atoms with Crippen LogP contribution in [-0.2, 0) is 9.53 Å². The number of aliphatic hydroxyl groups excluding tert-OH is 1. The number of likely N-dealkylation sites (tertiary alicyclic amines) is 1. The highest BCUT2D eigenvalue weighted by molar-refractivity contribution is 5.69. The van der Waals surface area contributed by atoms with Gasteiger partial charge in [0.1, 0.15) is 0 Å².